The highest BCUT2D eigenvalue weighted by Gasteiger charge is 2.28. The predicted molar refractivity (Wildman–Crippen MR) is 89.8 cm³/mol. The molecule has 1 amide bonds. The second-order valence-electron chi connectivity index (χ2n) is 6.36. The van der Waals surface area contributed by atoms with Crippen LogP contribution in [0.1, 0.15) is 37.6 Å². The highest BCUT2D eigenvalue weighted by Crippen LogP contribution is 2.26. The summed E-state index contributed by atoms with van der Waals surface area (Å²) < 4.78 is 0. The average molecular weight is 296 g/mol. The van der Waals surface area contributed by atoms with E-state index in [-0.39, 0.29) is 17.4 Å². The van der Waals surface area contributed by atoms with Crippen LogP contribution in [-0.2, 0) is 16.6 Å². The van der Waals surface area contributed by atoms with Crippen LogP contribution in [0.25, 0.3) is 0 Å². The summed E-state index contributed by atoms with van der Waals surface area (Å²) in [6.45, 7) is 8.30. The predicted octanol–water partition coefficient (Wildman–Crippen LogP) is 3.42. The lowest BCUT2D eigenvalue weighted by atomic mass is 9.78. The van der Waals surface area contributed by atoms with Crippen molar-refractivity contribution in [3.63, 3.8) is 0 Å². The Morgan fingerprint density at radius 3 is 2.45 bits per heavy atom. The fraction of sp³-hybridized carbons (Fsp3) is 0.368. The van der Waals surface area contributed by atoms with Gasteiger partial charge in [-0.3, -0.25) is 9.78 Å². The molecular weight excluding hydrogens is 272 g/mol. The van der Waals surface area contributed by atoms with E-state index in [0.717, 1.165) is 11.3 Å². The maximum absolute atomic E-state index is 12.2. The first-order chi connectivity index (χ1) is 10.4. The number of aromatic nitrogens is 1. The van der Waals surface area contributed by atoms with E-state index in [0.29, 0.717) is 6.42 Å². The lowest BCUT2D eigenvalue weighted by Crippen LogP contribution is -2.46. The minimum absolute atomic E-state index is 0.0298. The number of amides is 1. The molecule has 3 heteroatoms. The molecule has 1 aromatic heterocycles. The summed E-state index contributed by atoms with van der Waals surface area (Å²) in [5.41, 5.74) is 3.00. The van der Waals surface area contributed by atoms with Crippen molar-refractivity contribution < 1.29 is 4.79 Å². The second-order valence-corrected chi connectivity index (χ2v) is 6.36. The Kier molecular flexibility index (Phi) is 4.96. The van der Waals surface area contributed by atoms with Crippen molar-refractivity contribution in [2.45, 2.75) is 45.6 Å². The molecule has 0 saturated heterocycles. The zero-order chi connectivity index (χ0) is 16.2. The molecule has 1 aromatic carbocycles. The Morgan fingerprint density at radius 1 is 1.18 bits per heavy atom. The van der Waals surface area contributed by atoms with Crippen LogP contribution >= 0.6 is 0 Å². The fourth-order valence-electron chi connectivity index (χ4n) is 2.38. The van der Waals surface area contributed by atoms with Gasteiger partial charge in [0.15, 0.2) is 0 Å². The topological polar surface area (TPSA) is 42.0 Å². The minimum atomic E-state index is -0.123. The number of rotatable bonds is 5. The Balaban J connectivity index is 2.00. The van der Waals surface area contributed by atoms with Crippen LogP contribution in [0, 0.1) is 6.92 Å². The van der Waals surface area contributed by atoms with Crippen LogP contribution in [0.4, 0.5) is 0 Å². The number of carbonyl (C=O) groups is 1. The number of hydrogen-bond donors (Lipinski definition) is 1. The Bertz CT molecular complexity index is 618. The number of carbonyl (C=O) groups excluding carboxylic acids is 1. The van der Waals surface area contributed by atoms with Gasteiger partial charge >= 0.3 is 0 Å². The van der Waals surface area contributed by atoms with Crippen LogP contribution < -0.4 is 5.32 Å². The van der Waals surface area contributed by atoms with Crippen LogP contribution in [0.15, 0.2) is 48.7 Å². The van der Waals surface area contributed by atoms with Crippen molar-refractivity contribution in [3.8, 4) is 0 Å². The monoisotopic (exact) mass is 296 g/mol. The Hall–Kier alpha value is -2.16. The molecule has 0 aliphatic carbocycles. The van der Waals surface area contributed by atoms with E-state index in [9.17, 15) is 4.79 Å². The molecule has 0 aliphatic rings. The standard InChI is InChI=1S/C19H24N2O/c1-14-10-11-16(13-20-14)12-18(22)21-15(2)19(3,4)17-8-6-5-7-9-17/h5-11,13,15H,12H2,1-4H3,(H,21,22)/t15-/m0/s1. The van der Waals surface area contributed by atoms with Crippen molar-refractivity contribution >= 4 is 5.91 Å². The zero-order valence-corrected chi connectivity index (χ0v) is 13.8. The smallest absolute Gasteiger partial charge is 0.224 e. The molecule has 0 saturated carbocycles. The van der Waals surface area contributed by atoms with Gasteiger partial charge in [-0.25, -0.2) is 0 Å². The highest BCUT2D eigenvalue weighted by atomic mass is 16.1. The Labute approximate surface area is 132 Å². The lowest BCUT2D eigenvalue weighted by Gasteiger charge is -2.33. The van der Waals surface area contributed by atoms with Gasteiger partial charge < -0.3 is 5.32 Å². The minimum Gasteiger partial charge on any atom is -0.352 e. The second kappa shape index (κ2) is 6.73. The normalized spacial score (nSPS) is 12.7. The molecule has 116 valence electrons. The van der Waals surface area contributed by atoms with Gasteiger partial charge in [-0.15, -0.1) is 0 Å². The van der Waals surface area contributed by atoms with Crippen LogP contribution in [-0.4, -0.2) is 16.9 Å². The molecule has 0 bridgehead atoms. The summed E-state index contributed by atoms with van der Waals surface area (Å²) in [6.07, 6.45) is 2.13. The molecule has 3 nitrogen and oxygen atoms in total. The summed E-state index contributed by atoms with van der Waals surface area (Å²) in [6, 6.07) is 14.2. The summed E-state index contributed by atoms with van der Waals surface area (Å²) in [5, 5.41) is 3.12. The first-order valence-corrected chi connectivity index (χ1v) is 7.66. The molecule has 22 heavy (non-hydrogen) atoms. The van der Waals surface area contributed by atoms with Gasteiger partial charge in [-0.2, -0.15) is 0 Å². The number of pyridine rings is 1. The van der Waals surface area contributed by atoms with Gasteiger partial charge in [-0.05, 0) is 31.0 Å². The van der Waals surface area contributed by atoms with Gasteiger partial charge in [0.25, 0.3) is 0 Å². The van der Waals surface area contributed by atoms with E-state index in [1.54, 1.807) is 6.20 Å². The molecular formula is C19H24N2O. The fourth-order valence-corrected chi connectivity index (χ4v) is 2.38. The number of hydrogen-bond acceptors (Lipinski definition) is 2. The highest BCUT2D eigenvalue weighted by molar-refractivity contribution is 5.78. The lowest BCUT2D eigenvalue weighted by molar-refractivity contribution is -0.121. The average Bonchev–Trinajstić information content (AvgIpc) is 2.50. The van der Waals surface area contributed by atoms with E-state index in [1.807, 2.05) is 37.3 Å². The molecule has 0 radical (unpaired) electrons. The summed E-state index contributed by atoms with van der Waals surface area (Å²) >= 11 is 0. The molecule has 1 atom stereocenters. The molecule has 2 aromatic rings. The first kappa shape index (κ1) is 16.2. The molecule has 2 rings (SSSR count). The molecule has 0 unspecified atom stereocenters. The van der Waals surface area contributed by atoms with Gasteiger partial charge in [0, 0.05) is 23.3 Å². The Morgan fingerprint density at radius 2 is 1.86 bits per heavy atom. The van der Waals surface area contributed by atoms with Gasteiger partial charge in [0.2, 0.25) is 5.91 Å². The maximum atomic E-state index is 12.2. The van der Waals surface area contributed by atoms with Crippen LogP contribution in [0.5, 0.6) is 0 Å². The van der Waals surface area contributed by atoms with Gasteiger partial charge in [0.05, 0.1) is 6.42 Å². The number of benzene rings is 1. The van der Waals surface area contributed by atoms with Crippen LogP contribution in [0.3, 0.4) is 0 Å². The summed E-state index contributed by atoms with van der Waals surface area (Å²) in [5.74, 6) is 0.0298. The molecule has 0 fully saturated rings. The third kappa shape index (κ3) is 3.94. The quantitative estimate of drug-likeness (QED) is 0.918. The largest absolute Gasteiger partial charge is 0.352 e. The van der Waals surface area contributed by atoms with Gasteiger partial charge in [0.1, 0.15) is 0 Å². The summed E-state index contributed by atoms with van der Waals surface area (Å²) in [7, 11) is 0. The van der Waals surface area contributed by atoms with E-state index < -0.39 is 0 Å². The maximum Gasteiger partial charge on any atom is 0.224 e. The van der Waals surface area contributed by atoms with E-state index >= 15 is 0 Å². The van der Waals surface area contributed by atoms with Gasteiger partial charge in [-0.1, -0.05) is 50.2 Å². The number of nitrogens with zero attached hydrogens (tertiary/aromatic N) is 1. The van der Waals surface area contributed by atoms with Crippen LogP contribution in [0.2, 0.25) is 0 Å². The van der Waals surface area contributed by atoms with Crippen molar-refractivity contribution in [3.05, 3.63) is 65.5 Å². The van der Waals surface area contributed by atoms with Crippen molar-refractivity contribution in [1.29, 1.82) is 0 Å². The molecule has 1 heterocycles. The van der Waals surface area contributed by atoms with E-state index in [4.69, 9.17) is 0 Å². The van der Waals surface area contributed by atoms with Crippen molar-refractivity contribution in [2.75, 3.05) is 0 Å². The zero-order valence-electron chi connectivity index (χ0n) is 13.8. The number of nitrogens with one attached hydrogen (secondary N) is 1. The number of aryl methyl sites for hydroxylation is 1. The van der Waals surface area contributed by atoms with Crippen molar-refractivity contribution in [2.24, 2.45) is 0 Å². The van der Waals surface area contributed by atoms with Crippen molar-refractivity contribution in [1.82, 2.24) is 10.3 Å². The molecule has 1 N–H and O–H groups in total. The third-order valence-electron chi connectivity index (χ3n) is 4.32. The molecule has 0 aliphatic heterocycles. The SMILES string of the molecule is Cc1ccc(CC(=O)N[C@@H](C)C(C)(C)c2ccccc2)cn1. The summed E-state index contributed by atoms with van der Waals surface area (Å²) in [4.78, 5) is 16.5. The third-order valence-corrected chi connectivity index (χ3v) is 4.32. The first-order valence-electron chi connectivity index (χ1n) is 7.66. The molecule has 0 spiro atoms. The van der Waals surface area contributed by atoms with E-state index in [1.165, 1.54) is 5.56 Å². The van der Waals surface area contributed by atoms with E-state index in [2.05, 4.69) is 43.2 Å².